The molecule has 0 aliphatic rings. The molecular weight excluding hydrogens is 348 g/mol. The van der Waals surface area contributed by atoms with E-state index in [-0.39, 0.29) is 19.3 Å². The number of aliphatic hydroxyl groups is 2. The molecule has 0 saturated carbocycles. The molecule has 0 aliphatic heterocycles. The summed E-state index contributed by atoms with van der Waals surface area (Å²) in [7, 11) is 0. The maximum Gasteiger partial charge on any atom is 0.307 e. The third-order valence-corrected chi connectivity index (χ3v) is 4.74. The number of carbonyl (C=O) groups excluding carboxylic acids is 3. The van der Waals surface area contributed by atoms with E-state index >= 15 is 0 Å². The van der Waals surface area contributed by atoms with Gasteiger partial charge in [0, 0.05) is 19.3 Å². The van der Waals surface area contributed by atoms with E-state index in [2.05, 4.69) is 0 Å². The number of ether oxygens (including phenoxy) is 1. The lowest BCUT2D eigenvalue weighted by Crippen LogP contribution is -2.60. The van der Waals surface area contributed by atoms with Crippen LogP contribution in [0.1, 0.15) is 97.8 Å². The Kier molecular flexibility index (Phi) is 14.1. The van der Waals surface area contributed by atoms with Gasteiger partial charge in [-0.1, -0.05) is 59.3 Å². The van der Waals surface area contributed by atoms with Gasteiger partial charge in [-0.15, -0.1) is 0 Å². The summed E-state index contributed by atoms with van der Waals surface area (Å²) in [6.07, 6.45) is 5.23. The van der Waals surface area contributed by atoms with Crippen molar-refractivity contribution in [2.24, 2.45) is 0 Å². The Hall–Kier alpha value is -1.27. The third-order valence-electron chi connectivity index (χ3n) is 4.74. The van der Waals surface area contributed by atoms with Crippen LogP contribution in [-0.4, -0.2) is 46.1 Å². The van der Waals surface area contributed by atoms with Crippen LogP contribution in [-0.2, 0) is 19.1 Å². The van der Waals surface area contributed by atoms with Crippen molar-refractivity contribution in [1.29, 1.82) is 0 Å². The maximum atomic E-state index is 12.9. The van der Waals surface area contributed by atoms with Crippen LogP contribution < -0.4 is 0 Å². The molecule has 0 rings (SSSR count). The molecule has 0 aromatic carbocycles. The van der Waals surface area contributed by atoms with Gasteiger partial charge in [0.1, 0.15) is 6.10 Å². The van der Waals surface area contributed by atoms with Crippen LogP contribution in [0, 0.1) is 0 Å². The summed E-state index contributed by atoms with van der Waals surface area (Å²) >= 11 is 0. The van der Waals surface area contributed by atoms with Crippen LogP contribution in [0.25, 0.3) is 0 Å². The molecule has 0 aromatic heterocycles. The van der Waals surface area contributed by atoms with Crippen molar-refractivity contribution >= 4 is 17.5 Å². The number of rotatable bonds is 17. The number of carbonyl (C=O) groups is 3. The van der Waals surface area contributed by atoms with Crippen molar-refractivity contribution in [1.82, 2.24) is 0 Å². The van der Waals surface area contributed by atoms with Gasteiger partial charge < -0.3 is 14.9 Å². The van der Waals surface area contributed by atoms with E-state index < -0.39 is 35.8 Å². The quantitative estimate of drug-likeness (QED) is 0.225. The fraction of sp³-hybridized carbons (Fsp3) is 0.857. The SMILES string of the molecule is CCCCCC(=O)OC(C(=O)CCCCC)(C(=O)CCCCC)C(O)CO. The number of unbranched alkanes of at least 4 members (excludes halogenated alkanes) is 6. The van der Waals surface area contributed by atoms with Crippen LogP contribution in [0.5, 0.6) is 0 Å². The molecule has 0 aromatic rings. The Morgan fingerprint density at radius 3 is 1.56 bits per heavy atom. The van der Waals surface area contributed by atoms with Crippen LogP contribution in [0.4, 0.5) is 0 Å². The minimum Gasteiger partial charge on any atom is -0.440 e. The molecule has 0 amide bonds. The second-order valence-corrected chi connectivity index (χ2v) is 7.13. The molecule has 1 unspecified atom stereocenters. The van der Waals surface area contributed by atoms with Crippen LogP contribution in [0.2, 0.25) is 0 Å². The second kappa shape index (κ2) is 14.7. The summed E-state index contributed by atoms with van der Waals surface area (Å²) in [5.74, 6) is -1.89. The lowest BCUT2D eigenvalue weighted by atomic mass is 9.82. The zero-order chi connectivity index (χ0) is 20.7. The first-order chi connectivity index (χ1) is 12.9. The molecule has 1 atom stereocenters. The van der Waals surface area contributed by atoms with Crippen molar-refractivity contribution in [3.05, 3.63) is 0 Å². The van der Waals surface area contributed by atoms with Gasteiger partial charge in [0.05, 0.1) is 6.61 Å². The fourth-order valence-corrected chi connectivity index (χ4v) is 3.03. The normalized spacial score (nSPS) is 12.6. The lowest BCUT2D eigenvalue weighted by Gasteiger charge is -2.34. The molecule has 2 N–H and O–H groups in total. The van der Waals surface area contributed by atoms with Gasteiger partial charge in [-0.2, -0.15) is 0 Å². The molecular formula is C21H38O6. The molecule has 0 bridgehead atoms. The van der Waals surface area contributed by atoms with Crippen molar-refractivity contribution in [3.63, 3.8) is 0 Å². The average Bonchev–Trinajstić information content (AvgIpc) is 2.65. The number of hydrogen-bond acceptors (Lipinski definition) is 6. The summed E-state index contributed by atoms with van der Waals surface area (Å²) in [5, 5.41) is 19.9. The molecule has 6 heteroatoms. The highest BCUT2D eigenvalue weighted by Crippen LogP contribution is 2.27. The Bertz CT molecular complexity index is 424. The minimum absolute atomic E-state index is 0.0344. The van der Waals surface area contributed by atoms with E-state index in [1.54, 1.807) is 0 Å². The summed E-state index contributed by atoms with van der Waals surface area (Å²) in [6.45, 7) is 5.16. The van der Waals surface area contributed by atoms with Crippen LogP contribution in [0.15, 0.2) is 0 Å². The molecule has 0 fully saturated rings. The molecule has 0 spiro atoms. The molecule has 0 radical (unpaired) electrons. The van der Waals surface area contributed by atoms with E-state index in [0.29, 0.717) is 19.3 Å². The topological polar surface area (TPSA) is 101 Å². The second-order valence-electron chi connectivity index (χ2n) is 7.13. The van der Waals surface area contributed by atoms with Crippen molar-refractivity contribution < 1.29 is 29.3 Å². The molecule has 0 aliphatic carbocycles. The van der Waals surface area contributed by atoms with Gasteiger partial charge in [-0.05, 0) is 19.3 Å². The predicted octanol–water partition coefficient (Wildman–Crippen LogP) is 3.50. The predicted molar refractivity (Wildman–Crippen MR) is 104 cm³/mol. The minimum atomic E-state index is -2.28. The number of Topliss-reactive ketones (excluding diaryl/α,β-unsaturated/α-hetero) is 2. The number of aliphatic hydroxyl groups excluding tert-OH is 2. The van der Waals surface area contributed by atoms with E-state index in [4.69, 9.17) is 4.74 Å². The van der Waals surface area contributed by atoms with E-state index in [1.165, 1.54) is 0 Å². The highest BCUT2D eigenvalue weighted by molar-refractivity contribution is 6.12. The Labute approximate surface area is 163 Å². The standard InChI is InChI=1S/C21H38O6/c1-4-7-10-13-17(23)21(19(25)16-22,18(24)14-11-8-5-2)27-20(26)15-12-9-6-3/h19,22,25H,4-16H2,1-3H3. The first-order valence-electron chi connectivity index (χ1n) is 10.5. The molecule has 0 saturated heterocycles. The van der Waals surface area contributed by atoms with Crippen LogP contribution >= 0.6 is 0 Å². The van der Waals surface area contributed by atoms with Crippen molar-refractivity contribution in [3.8, 4) is 0 Å². The summed E-state index contributed by atoms with van der Waals surface area (Å²) in [6, 6.07) is 0. The summed E-state index contributed by atoms with van der Waals surface area (Å²) in [5.41, 5.74) is -2.28. The average molecular weight is 387 g/mol. The highest BCUT2D eigenvalue weighted by Gasteiger charge is 2.53. The van der Waals surface area contributed by atoms with Crippen LogP contribution in [0.3, 0.4) is 0 Å². The maximum absolute atomic E-state index is 12.9. The fourth-order valence-electron chi connectivity index (χ4n) is 3.03. The van der Waals surface area contributed by atoms with Crippen molar-refractivity contribution in [2.75, 3.05) is 6.61 Å². The lowest BCUT2D eigenvalue weighted by molar-refractivity contribution is -0.188. The van der Waals surface area contributed by atoms with E-state index in [1.807, 2.05) is 20.8 Å². The monoisotopic (exact) mass is 386 g/mol. The Morgan fingerprint density at radius 1 is 0.778 bits per heavy atom. The zero-order valence-electron chi connectivity index (χ0n) is 17.3. The first-order valence-corrected chi connectivity index (χ1v) is 10.5. The Morgan fingerprint density at radius 2 is 1.19 bits per heavy atom. The van der Waals surface area contributed by atoms with Gasteiger partial charge in [-0.25, -0.2) is 0 Å². The number of hydrogen-bond donors (Lipinski definition) is 2. The molecule has 6 nitrogen and oxygen atoms in total. The summed E-state index contributed by atoms with van der Waals surface area (Å²) < 4.78 is 5.37. The molecule has 158 valence electrons. The molecule has 27 heavy (non-hydrogen) atoms. The van der Waals surface area contributed by atoms with Gasteiger partial charge in [0.2, 0.25) is 0 Å². The van der Waals surface area contributed by atoms with Crippen molar-refractivity contribution in [2.45, 2.75) is 110 Å². The van der Waals surface area contributed by atoms with Gasteiger partial charge in [-0.3, -0.25) is 14.4 Å². The smallest absolute Gasteiger partial charge is 0.307 e. The Balaban J connectivity index is 5.54. The van der Waals surface area contributed by atoms with E-state index in [0.717, 1.165) is 38.5 Å². The zero-order valence-corrected chi connectivity index (χ0v) is 17.3. The van der Waals surface area contributed by atoms with Gasteiger partial charge in [0.25, 0.3) is 5.60 Å². The summed E-state index contributed by atoms with van der Waals surface area (Å²) in [4.78, 5) is 38.1. The molecule has 0 heterocycles. The first kappa shape index (κ1) is 25.7. The number of ketones is 2. The van der Waals surface area contributed by atoms with Gasteiger partial charge in [0.15, 0.2) is 11.6 Å². The highest BCUT2D eigenvalue weighted by atomic mass is 16.6. The van der Waals surface area contributed by atoms with E-state index in [9.17, 15) is 24.6 Å². The largest absolute Gasteiger partial charge is 0.440 e. The van der Waals surface area contributed by atoms with Gasteiger partial charge >= 0.3 is 5.97 Å². The number of esters is 1. The third kappa shape index (κ3) is 8.52.